The summed E-state index contributed by atoms with van der Waals surface area (Å²) in [6, 6.07) is 7.97. The van der Waals surface area contributed by atoms with Crippen LogP contribution >= 0.6 is 11.3 Å². The second-order valence-electron chi connectivity index (χ2n) is 2.98. The molecule has 0 atom stereocenters. The molecule has 0 saturated heterocycles. The maximum absolute atomic E-state index is 4.44. The number of aromatic nitrogens is 3. The van der Waals surface area contributed by atoms with Crippen LogP contribution in [-0.4, -0.2) is 15.0 Å². The molecule has 0 aliphatic carbocycles. The van der Waals surface area contributed by atoms with Gasteiger partial charge in [-0.05, 0) is 12.1 Å². The molecule has 1 aromatic carbocycles. The van der Waals surface area contributed by atoms with E-state index in [1.54, 1.807) is 11.3 Å². The Morgan fingerprint density at radius 1 is 1.20 bits per heavy atom. The summed E-state index contributed by atoms with van der Waals surface area (Å²) in [6.45, 7) is 0. The quantitative estimate of drug-likeness (QED) is 0.687. The number of H-pyrrole nitrogens is 1. The van der Waals surface area contributed by atoms with Crippen molar-refractivity contribution in [3.8, 4) is 11.5 Å². The Labute approximate surface area is 105 Å². The molecule has 3 rings (SSSR count). The third kappa shape index (κ3) is 1.87. The van der Waals surface area contributed by atoms with Crippen molar-refractivity contribution in [3.05, 3.63) is 35.2 Å². The fraction of sp³-hybridized carbons (Fsp3) is 0. The molecule has 0 bridgehead atoms. The van der Waals surface area contributed by atoms with Gasteiger partial charge >= 0.3 is 21.1 Å². The van der Waals surface area contributed by atoms with E-state index in [0.717, 1.165) is 22.6 Å². The molecule has 3 aromatic rings. The predicted molar refractivity (Wildman–Crippen MR) is 57.2 cm³/mol. The summed E-state index contributed by atoms with van der Waals surface area (Å²) in [5.41, 5.74) is 4.75. The maximum atomic E-state index is 4.44. The normalized spacial score (nSPS) is 10.1. The minimum Gasteiger partial charge on any atom is -0.337 e. The number of hydrogen-bond donors (Lipinski definition) is 1. The molecule has 0 spiro atoms. The smallest absolute Gasteiger partial charge is 0.337 e. The number of nitrogens with one attached hydrogen (secondary N) is 1. The number of imidazole rings is 1. The van der Waals surface area contributed by atoms with Gasteiger partial charge in [0.2, 0.25) is 0 Å². The first-order valence-electron chi connectivity index (χ1n) is 4.27. The molecular formula is C10H7N3PtS+2. The molecule has 76 valence electrons. The van der Waals surface area contributed by atoms with Crippen molar-refractivity contribution in [3.63, 3.8) is 0 Å². The Morgan fingerprint density at radius 3 is 2.80 bits per heavy atom. The van der Waals surface area contributed by atoms with E-state index in [1.165, 1.54) is 0 Å². The zero-order chi connectivity index (χ0) is 9.38. The number of para-hydroxylation sites is 2. The largest absolute Gasteiger partial charge is 2.00 e. The molecule has 15 heavy (non-hydrogen) atoms. The fourth-order valence-corrected chi connectivity index (χ4v) is 1.94. The Hall–Kier alpha value is -0.992. The van der Waals surface area contributed by atoms with Crippen LogP contribution in [0.3, 0.4) is 0 Å². The topological polar surface area (TPSA) is 41.6 Å². The first-order valence-corrected chi connectivity index (χ1v) is 5.21. The van der Waals surface area contributed by atoms with Gasteiger partial charge in [-0.25, -0.2) is 9.97 Å². The van der Waals surface area contributed by atoms with Gasteiger partial charge in [-0.15, -0.1) is 11.3 Å². The first-order chi connectivity index (χ1) is 6.93. The molecule has 2 heterocycles. The Balaban J connectivity index is 0.000000853. The third-order valence-corrected chi connectivity index (χ3v) is 2.65. The summed E-state index contributed by atoms with van der Waals surface area (Å²) in [4.78, 5) is 11.9. The minimum absolute atomic E-state index is 0. The summed E-state index contributed by atoms with van der Waals surface area (Å²) < 4.78 is 0. The van der Waals surface area contributed by atoms with Crippen LogP contribution in [0, 0.1) is 0 Å². The van der Waals surface area contributed by atoms with Gasteiger partial charge in [0, 0.05) is 5.38 Å². The average molecular weight is 396 g/mol. The van der Waals surface area contributed by atoms with Crippen molar-refractivity contribution < 1.29 is 21.1 Å². The molecule has 0 radical (unpaired) electrons. The second-order valence-corrected chi connectivity index (χ2v) is 3.69. The van der Waals surface area contributed by atoms with Crippen LogP contribution in [0.25, 0.3) is 22.6 Å². The summed E-state index contributed by atoms with van der Waals surface area (Å²) in [5.74, 6) is 0.840. The fourth-order valence-electron chi connectivity index (χ4n) is 1.40. The number of fused-ring (bicyclic) bond motifs is 1. The zero-order valence-corrected chi connectivity index (χ0v) is 10.7. The van der Waals surface area contributed by atoms with Crippen molar-refractivity contribution >= 4 is 22.4 Å². The van der Waals surface area contributed by atoms with E-state index in [4.69, 9.17) is 0 Å². The van der Waals surface area contributed by atoms with Crippen LogP contribution in [-0.2, 0) is 21.1 Å². The number of nitrogens with zero attached hydrogens (tertiary/aromatic N) is 2. The van der Waals surface area contributed by atoms with Crippen molar-refractivity contribution in [2.75, 3.05) is 0 Å². The average Bonchev–Trinajstić information content (AvgIpc) is 2.86. The van der Waals surface area contributed by atoms with Crippen molar-refractivity contribution in [1.82, 2.24) is 15.0 Å². The van der Waals surface area contributed by atoms with Crippen LogP contribution in [0.4, 0.5) is 0 Å². The molecular weight excluding hydrogens is 389 g/mol. The summed E-state index contributed by atoms with van der Waals surface area (Å²) in [6.07, 6.45) is 0. The predicted octanol–water partition coefficient (Wildman–Crippen LogP) is 2.68. The maximum Gasteiger partial charge on any atom is 2.00 e. The SMILES string of the molecule is [Pt+2].c1ccc2[nH]c(-c3cscn3)nc2c1. The number of aromatic amines is 1. The van der Waals surface area contributed by atoms with Crippen molar-refractivity contribution in [1.29, 1.82) is 0 Å². The van der Waals surface area contributed by atoms with E-state index in [0.29, 0.717) is 0 Å². The molecule has 0 saturated carbocycles. The van der Waals surface area contributed by atoms with Gasteiger partial charge < -0.3 is 4.98 Å². The van der Waals surface area contributed by atoms with Crippen molar-refractivity contribution in [2.45, 2.75) is 0 Å². The number of thiazole rings is 1. The number of hydrogen-bond acceptors (Lipinski definition) is 3. The first kappa shape index (κ1) is 10.5. The standard InChI is InChI=1S/C10H7N3S.Pt/c1-2-4-8-7(3-1)12-10(13-8)9-5-14-6-11-9;/h1-6H,(H,12,13);/q;+2. The van der Waals surface area contributed by atoms with Crippen LogP contribution in [0.1, 0.15) is 0 Å². The van der Waals surface area contributed by atoms with Crippen LogP contribution in [0.5, 0.6) is 0 Å². The van der Waals surface area contributed by atoms with Crippen LogP contribution < -0.4 is 0 Å². The van der Waals surface area contributed by atoms with Gasteiger partial charge in [0.1, 0.15) is 5.69 Å². The minimum atomic E-state index is 0. The molecule has 0 aliphatic heterocycles. The van der Waals surface area contributed by atoms with Gasteiger partial charge in [0.05, 0.1) is 16.5 Å². The third-order valence-electron chi connectivity index (χ3n) is 2.06. The van der Waals surface area contributed by atoms with E-state index in [-0.39, 0.29) is 21.1 Å². The molecule has 0 unspecified atom stereocenters. The van der Waals surface area contributed by atoms with Crippen LogP contribution in [0.15, 0.2) is 35.2 Å². The van der Waals surface area contributed by atoms with E-state index in [9.17, 15) is 0 Å². The Bertz CT molecular complexity index is 526. The molecule has 3 nitrogen and oxygen atoms in total. The van der Waals surface area contributed by atoms with Gasteiger partial charge in [-0.1, -0.05) is 12.1 Å². The van der Waals surface area contributed by atoms with E-state index < -0.39 is 0 Å². The van der Waals surface area contributed by atoms with Gasteiger partial charge in [0.25, 0.3) is 0 Å². The second kappa shape index (κ2) is 4.25. The molecule has 0 aliphatic rings. The van der Waals surface area contributed by atoms with E-state index in [1.807, 2.05) is 35.2 Å². The molecule has 0 fully saturated rings. The van der Waals surface area contributed by atoms with E-state index >= 15 is 0 Å². The molecule has 1 N–H and O–H groups in total. The molecule has 5 heteroatoms. The summed E-state index contributed by atoms with van der Waals surface area (Å²) in [5, 5.41) is 1.98. The summed E-state index contributed by atoms with van der Waals surface area (Å²) in [7, 11) is 0. The zero-order valence-electron chi connectivity index (χ0n) is 7.58. The monoisotopic (exact) mass is 396 g/mol. The number of benzene rings is 1. The van der Waals surface area contributed by atoms with Gasteiger partial charge in [0.15, 0.2) is 5.82 Å². The van der Waals surface area contributed by atoms with E-state index in [2.05, 4.69) is 15.0 Å². The molecule has 0 amide bonds. The molecule has 2 aromatic heterocycles. The Morgan fingerprint density at radius 2 is 2.07 bits per heavy atom. The van der Waals surface area contributed by atoms with Gasteiger partial charge in [-0.2, -0.15) is 0 Å². The van der Waals surface area contributed by atoms with Gasteiger partial charge in [-0.3, -0.25) is 0 Å². The van der Waals surface area contributed by atoms with Crippen molar-refractivity contribution in [2.24, 2.45) is 0 Å². The summed E-state index contributed by atoms with van der Waals surface area (Å²) >= 11 is 1.57. The number of rotatable bonds is 1. The van der Waals surface area contributed by atoms with Crippen LogP contribution in [0.2, 0.25) is 0 Å². The Kier molecular flexibility index (Phi) is 2.98.